The molecule has 12 heavy (non-hydrogen) atoms. The molecule has 0 saturated heterocycles. The van der Waals surface area contributed by atoms with E-state index in [4.69, 9.17) is 0 Å². The van der Waals surface area contributed by atoms with Gasteiger partial charge in [-0.1, -0.05) is 0 Å². The van der Waals surface area contributed by atoms with Crippen LogP contribution in [-0.4, -0.2) is 0 Å². The summed E-state index contributed by atoms with van der Waals surface area (Å²) in [5.74, 6) is 0. The summed E-state index contributed by atoms with van der Waals surface area (Å²) >= 11 is 0. The Bertz CT molecular complexity index is 12.0. The maximum atomic E-state index is 0. The first-order valence-electron chi connectivity index (χ1n) is 0. The Morgan fingerprint density at radius 2 is 0.167 bits per heavy atom. The third kappa shape index (κ3) is 195. The first kappa shape index (κ1) is 304. The molecule has 0 aliphatic rings. The molecule has 0 heterocycles. The van der Waals surface area contributed by atoms with Crippen LogP contribution in [0, 0.1) is 0 Å². The van der Waals surface area contributed by atoms with Crippen LogP contribution in [-0.2, 0) is 0 Å². The summed E-state index contributed by atoms with van der Waals surface area (Å²) < 4.78 is 0. The van der Waals surface area contributed by atoms with Crippen molar-refractivity contribution >= 4 is 0 Å². The van der Waals surface area contributed by atoms with Gasteiger partial charge in [0.05, 0.1) is 0 Å². The van der Waals surface area contributed by atoms with Crippen molar-refractivity contribution in [3.05, 3.63) is 0 Å². The second-order valence-corrected chi connectivity index (χ2v) is 0. The number of halogens is 6. The fourth-order valence-corrected chi connectivity index (χ4v) is 0. The van der Waals surface area contributed by atoms with Gasteiger partial charge in [0.1, 0.15) is 0 Å². The quantitative estimate of drug-likeness (QED) is 0.241. The SMILES string of the molecule is [F-].[F-].[F-].[F-].[F-].[F-].[Li+].[Li+].[Li+].[Li+].[Li+].[Li+]. The molecule has 0 aliphatic heterocycles. The molecule has 48 valence electrons. The van der Waals surface area contributed by atoms with Crippen LogP contribution in [0.5, 0.6) is 0 Å². The average Bonchev–Trinajstić information content (AvgIpc) is 0. The first-order chi connectivity index (χ1) is 0. The van der Waals surface area contributed by atoms with Crippen LogP contribution in [0.25, 0.3) is 0 Å². The Kier molecular flexibility index (Phi) is 6210. The smallest absolute Gasteiger partial charge is 1.00 e. The Morgan fingerprint density at radius 1 is 0.167 bits per heavy atom. The van der Waals surface area contributed by atoms with Crippen LogP contribution in [0.3, 0.4) is 0 Å². The molecule has 0 aromatic carbocycles. The number of hydrogen-bond donors (Lipinski definition) is 0. The standard InChI is InChI=1S/6FH.6Li/h6*1H;;;;;;/q;;;;;;6*+1/p-6. The molecular formula is F6Li6. The molecule has 0 unspecified atom stereocenters. The van der Waals surface area contributed by atoms with Crippen LogP contribution in [0.2, 0.25) is 0 Å². The van der Waals surface area contributed by atoms with E-state index in [9.17, 15) is 0 Å². The predicted molar refractivity (Wildman–Crippen MR) is 0 cm³/mol. The average molecular weight is 156 g/mol. The minimum atomic E-state index is 0. The maximum Gasteiger partial charge on any atom is 1.00 e. The van der Waals surface area contributed by atoms with E-state index in [0.29, 0.717) is 0 Å². The van der Waals surface area contributed by atoms with Gasteiger partial charge in [-0.05, 0) is 0 Å². The molecule has 0 nitrogen and oxygen atoms in total. The van der Waals surface area contributed by atoms with Crippen molar-refractivity contribution in [1.29, 1.82) is 0 Å². The summed E-state index contributed by atoms with van der Waals surface area (Å²) in [6.07, 6.45) is 0. The summed E-state index contributed by atoms with van der Waals surface area (Å²) in [7, 11) is 0. The Morgan fingerprint density at radius 3 is 0.167 bits per heavy atom. The third-order valence-electron chi connectivity index (χ3n) is 0. The summed E-state index contributed by atoms with van der Waals surface area (Å²) in [5.41, 5.74) is 0. The molecule has 0 rings (SSSR count). The van der Waals surface area contributed by atoms with E-state index >= 15 is 0 Å². The van der Waals surface area contributed by atoms with E-state index in [1.54, 1.807) is 0 Å². The molecule has 0 aromatic rings. The van der Waals surface area contributed by atoms with Gasteiger partial charge in [-0.15, -0.1) is 0 Å². The molecule has 0 aliphatic carbocycles. The van der Waals surface area contributed by atoms with E-state index in [2.05, 4.69) is 0 Å². The monoisotopic (exact) mass is 156 g/mol. The third-order valence-corrected chi connectivity index (χ3v) is 0. The van der Waals surface area contributed by atoms with Crippen molar-refractivity contribution in [2.45, 2.75) is 0 Å². The van der Waals surface area contributed by atoms with Crippen molar-refractivity contribution in [2.75, 3.05) is 0 Å². The minimum Gasteiger partial charge on any atom is -1.00 e. The molecule has 0 atom stereocenters. The topological polar surface area (TPSA) is 0 Å². The van der Waals surface area contributed by atoms with Gasteiger partial charge < -0.3 is 28.2 Å². The van der Waals surface area contributed by atoms with Crippen molar-refractivity contribution in [3.8, 4) is 0 Å². The molecule has 0 spiro atoms. The van der Waals surface area contributed by atoms with Crippen LogP contribution in [0.4, 0.5) is 0 Å². The second kappa shape index (κ2) is 245. The minimum absolute atomic E-state index is 0. The molecule has 0 radical (unpaired) electrons. The van der Waals surface area contributed by atoms with Crippen molar-refractivity contribution in [3.63, 3.8) is 0 Å². The van der Waals surface area contributed by atoms with Gasteiger partial charge in [0, 0.05) is 0 Å². The van der Waals surface area contributed by atoms with Gasteiger partial charge in [0.25, 0.3) is 0 Å². The second-order valence-electron chi connectivity index (χ2n) is 0. The first-order valence-corrected chi connectivity index (χ1v) is 0. The molecule has 0 fully saturated rings. The molecule has 0 saturated carbocycles. The van der Waals surface area contributed by atoms with E-state index in [-0.39, 0.29) is 141 Å². The van der Waals surface area contributed by atoms with Gasteiger partial charge in [0.2, 0.25) is 0 Å². The van der Waals surface area contributed by atoms with Gasteiger partial charge in [-0.3, -0.25) is 0 Å². The summed E-state index contributed by atoms with van der Waals surface area (Å²) in [5, 5.41) is 0. The normalized spacial score (nSPS) is 0. The molecule has 0 aromatic heterocycles. The zero-order valence-electron chi connectivity index (χ0n) is 8.27. The van der Waals surface area contributed by atoms with Crippen molar-refractivity contribution in [1.82, 2.24) is 0 Å². The van der Waals surface area contributed by atoms with Crippen LogP contribution in [0.1, 0.15) is 0 Å². The Balaban J connectivity index is 0. The van der Waals surface area contributed by atoms with Crippen molar-refractivity contribution < 1.29 is 141 Å². The summed E-state index contributed by atoms with van der Waals surface area (Å²) in [6, 6.07) is 0. The van der Waals surface area contributed by atoms with Crippen molar-refractivity contribution in [2.24, 2.45) is 0 Å². The molecule has 12 heteroatoms. The number of rotatable bonds is 0. The van der Waals surface area contributed by atoms with E-state index < -0.39 is 0 Å². The van der Waals surface area contributed by atoms with Gasteiger partial charge in [-0.2, -0.15) is 0 Å². The zero-order valence-corrected chi connectivity index (χ0v) is 8.27. The summed E-state index contributed by atoms with van der Waals surface area (Å²) in [6.45, 7) is 0. The zero-order chi connectivity index (χ0) is 0. The van der Waals surface area contributed by atoms with E-state index in [0.717, 1.165) is 0 Å². The van der Waals surface area contributed by atoms with Crippen LogP contribution >= 0.6 is 0 Å². The van der Waals surface area contributed by atoms with Gasteiger partial charge in [0.15, 0.2) is 0 Å². The van der Waals surface area contributed by atoms with Crippen LogP contribution in [0.15, 0.2) is 0 Å². The fraction of sp³-hybridized carbons (Fsp3) is 0. The molecule has 0 N–H and O–H groups in total. The van der Waals surface area contributed by atoms with Crippen LogP contribution < -0.4 is 141 Å². The van der Waals surface area contributed by atoms with Gasteiger partial charge >= 0.3 is 113 Å². The maximum absolute atomic E-state index is 0. The largest absolute Gasteiger partial charge is 1.00 e. The van der Waals surface area contributed by atoms with Gasteiger partial charge in [-0.25, -0.2) is 0 Å². The summed E-state index contributed by atoms with van der Waals surface area (Å²) in [4.78, 5) is 0. The Hall–Kier alpha value is 3.16. The predicted octanol–water partition coefficient (Wildman–Crippen LogP) is -36.0. The molecule has 0 bridgehead atoms. The van der Waals surface area contributed by atoms with E-state index in [1.807, 2.05) is 0 Å². The number of hydrogen-bond acceptors (Lipinski definition) is 0. The Labute approximate surface area is 140 Å². The van der Waals surface area contributed by atoms with E-state index in [1.165, 1.54) is 0 Å². The molecular weight excluding hydrogens is 156 g/mol. The fourth-order valence-electron chi connectivity index (χ4n) is 0. The molecule has 0 amide bonds.